The van der Waals surface area contributed by atoms with E-state index in [1.807, 2.05) is 24.3 Å². The number of anilines is 1. The number of nitrogens with one attached hydrogen (secondary N) is 2. The van der Waals surface area contributed by atoms with E-state index < -0.39 is 17.9 Å². The first-order valence-corrected chi connectivity index (χ1v) is 9.72. The monoisotopic (exact) mass is 396 g/mol. The molecular weight excluding hydrogens is 375 g/mol. The lowest BCUT2D eigenvalue weighted by molar-refractivity contribution is 0.0911. The van der Waals surface area contributed by atoms with E-state index in [-0.39, 0.29) is 6.54 Å². The van der Waals surface area contributed by atoms with E-state index in [1.54, 1.807) is 11.6 Å². The van der Waals surface area contributed by atoms with Gasteiger partial charge in [-0.2, -0.15) is 5.10 Å². The number of nitrogens with zero attached hydrogens (tertiary/aromatic N) is 4. The zero-order valence-corrected chi connectivity index (χ0v) is 16.0. The number of carbonyl (C=O) groups excluding carboxylic acids is 1. The number of aromatic nitrogens is 4. The second-order valence-corrected chi connectivity index (χ2v) is 7.58. The summed E-state index contributed by atoms with van der Waals surface area (Å²) in [5.74, 6) is 0.415. The quantitative estimate of drug-likeness (QED) is 0.706. The summed E-state index contributed by atoms with van der Waals surface area (Å²) in [5, 5.41) is 11.4. The number of fused-ring (bicyclic) bond motifs is 2. The molecule has 2 aliphatic heterocycles. The van der Waals surface area contributed by atoms with Crippen molar-refractivity contribution < 1.29 is 13.9 Å². The number of halogens is 1. The topological polar surface area (TPSA) is 94.0 Å². The number of carbonyl (C=O) groups is 1. The summed E-state index contributed by atoms with van der Waals surface area (Å²) in [4.78, 5) is 20.3. The number of benzene rings is 1. The van der Waals surface area contributed by atoms with Crippen molar-refractivity contribution in [3.63, 3.8) is 0 Å². The lowest BCUT2D eigenvalue weighted by Gasteiger charge is -2.30. The fraction of sp³-hybridized carbons (Fsp3) is 0.400. The molecule has 0 spiro atoms. The summed E-state index contributed by atoms with van der Waals surface area (Å²) < 4.78 is 22.4. The number of piperidine rings is 1. The maximum Gasteiger partial charge on any atom is 0.413 e. The highest BCUT2D eigenvalue weighted by molar-refractivity contribution is 5.95. The number of alkyl halides is 1. The van der Waals surface area contributed by atoms with Crippen LogP contribution in [-0.4, -0.2) is 44.6 Å². The fourth-order valence-electron chi connectivity index (χ4n) is 4.14. The van der Waals surface area contributed by atoms with Crippen molar-refractivity contribution in [3.05, 3.63) is 36.2 Å². The van der Waals surface area contributed by atoms with Crippen molar-refractivity contribution in [2.24, 2.45) is 0 Å². The van der Waals surface area contributed by atoms with Crippen LogP contribution in [0.5, 0.6) is 0 Å². The van der Waals surface area contributed by atoms with Crippen molar-refractivity contribution in [1.82, 2.24) is 25.1 Å². The van der Waals surface area contributed by atoms with Crippen LogP contribution in [-0.2, 0) is 11.3 Å². The Bertz CT molecular complexity index is 1090. The summed E-state index contributed by atoms with van der Waals surface area (Å²) in [5.41, 5.74) is 1.42. The normalized spacial score (nSPS) is 20.8. The van der Waals surface area contributed by atoms with E-state index >= 15 is 4.39 Å². The minimum absolute atomic E-state index is 0.186. The Balaban J connectivity index is 1.64. The van der Waals surface area contributed by atoms with Gasteiger partial charge in [0.05, 0.1) is 17.6 Å². The third-order valence-electron chi connectivity index (χ3n) is 5.61. The zero-order chi connectivity index (χ0) is 20.0. The maximum atomic E-state index is 15.4. The van der Waals surface area contributed by atoms with Gasteiger partial charge in [-0.15, -0.1) is 0 Å². The van der Waals surface area contributed by atoms with Crippen LogP contribution in [0.25, 0.3) is 22.3 Å². The van der Waals surface area contributed by atoms with Gasteiger partial charge in [-0.25, -0.2) is 19.2 Å². The maximum absolute atomic E-state index is 15.4. The molecule has 3 aromatic rings. The number of rotatable bonds is 3. The molecule has 1 aromatic carbocycles. The number of ether oxygens (including phenoxy) is 1. The summed E-state index contributed by atoms with van der Waals surface area (Å²) >= 11 is 0. The summed E-state index contributed by atoms with van der Waals surface area (Å²) in [6.45, 7) is 3.29. The number of hydrogen-bond donors (Lipinski definition) is 2. The Morgan fingerprint density at radius 3 is 2.86 bits per heavy atom. The first-order valence-electron chi connectivity index (χ1n) is 9.72. The average molecular weight is 396 g/mol. The van der Waals surface area contributed by atoms with Gasteiger partial charge in [-0.1, -0.05) is 18.2 Å². The van der Waals surface area contributed by atoms with E-state index in [9.17, 15) is 4.79 Å². The van der Waals surface area contributed by atoms with Gasteiger partial charge in [-0.3, -0.25) is 10.00 Å². The molecule has 9 heteroatoms. The van der Waals surface area contributed by atoms with Gasteiger partial charge in [0.25, 0.3) is 0 Å². The highest BCUT2D eigenvalue weighted by Crippen LogP contribution is 2.38. The van der Waals surface area contributed by atoms with Crippen LogP contribution in [0.15, 0.2) is 30.6 Å². The second kappa shape index (κ2) is 6.77. The van der Waals surface area contributed by atoms with Crippen LogP contribution in [0.4, 0.5) is 15.0 Å². The standard InChI is InChI=1S/C20H21FN6O2/c1-12-15-17(23-11-24-18(15)25-19(28)29-12)16-13-4-2-3-5-14(13)27(26-16)10-20(21)6-8-22-9-7-20/h2-5,11-12,22H,6-10H2,1H3,(H,23,24,25,28)/t12-/m0/s1. The molecule has 2 N–H and O–H groups in total. The van der Waals surface area contributed by atoms with Crippen LogP contribution in [0.2, 0.25) is 0 Å². The van der Waals surface area contributed by atoms with Gasteiger partial charge < -0.3 is 10.1 Å². The highest BCUT2D eigenvalue weighted by Gasteiger charge is 2.34. The van der Waals surface area contributed by atoms with Crippen LogP contribution >= 0.6 is 0 Å². The van der Waals surface area contributed by atoms with Crippen molar-refractivity contribution in [2.45, 2.75) is 38.1 Å². The van der Waals surface area contributed by atoms with Crippen molar-refractivity contribution in [2.75, 3.05) is 18.4 Å². The molecule has 1 saturated heterocycles. The first-order chi connectivity index (χ1) is 14.0. The molecule has 150 valence electrons. The largest absolute Gasteiger partial charge is 0.441 e. The molecule has 0 aliphatic carbocycles. The van der Waals surface area contributed by atoms with Crippen molar-refractivity contribution in [3.8, 4) is 11.4 Å². The Kier molecular flexibility index (Phi) is 4.20. The number of para-hydroxylation sites is 1. The number of amides is 1. The molecule has 1 fully saturated rings. The molecule has 29 heavy (non-hydrogen) atoms. The molecule has 0 unspecified atom stereocenters. The number of cyclic esters (lactones) is 1. The fourth-order valence-corrected chi connectivity index (χ4v) is 4.14. The predicted octanol–water partition coefficient (Wildman–Crippen LogP) is 3.21. The van der Waals surface area contributed by atoms with Crippen molar-refractivity contribution in [1.29, 1.82) is 0 Å². The predicted molar refractivity (Wildman–Crippen MR) is 105 cm³/mol. The average Bonchev–Trinajstić information content (AvgIpc) is 3.06. The molecule has 1 atom stereocenters. The zero-order valence-electron chi connectivity index (χ0n) is 16.0. The Morgan fingerprint density at radius 2 is 2.03 bits per heavy atom. The Labute approximate surface area is 166 Å². The summed E-state index contributed by atoms with van der Waals surface area (Å²) in [6.07, 6.45) is 1.24. The van der Waals surface area contributed by atoms with Gasteiger partial charge in [0, 0.05) is 5.39 Å². The SMILES string of the molecule is C[C@@H]1OC(=O)Nc2ncnc(-c3nn(CC4(F)CCNCC4)c4ccccc34)c21. The minimum atomic E-state index is -1.30. The molecule has 0 saturated carbocycles. The third kappa shape index (κ3) is 3.11. The van der Waals surface area contributed by atoms with Gasteiger partial charge in [0.1, 0.15) is 35.3 Å². The van der Waals surface area contributed by atoms with Gasteiger partial charge >= 0.3 is 6.09 Å². The second-order valence-electron chi connectivity index (χ2n) is 7.58. The molecule has 0 radical (unpaired) electrons. The molecule has 1 amide bonds. The molecular formula is C20H21FN6O2. The van der Waals surface area contributed by atoms with E-state index in [2.05, 4.69) is 20.6 Å². The van der Waals surface area contributed by atoms with E-state index in [0.29, 0.717) is 48.7 Å². The van der Waals surface area contributed by atoms with Crippen LogP contribution in [0, 0.1) is 0 Å². The van der Waals surface area contributed by atoms with Crippen LogP contribution < -0.4 is 10.6 Å². The summed E-state index contributed by atoms with van der Waals surface area (Å²) in [7, 11) is 0. The molecule has 0 bridgehead atoms. The first kappa shape index (κ1) is 18.0. The smallest absolute Gasteiger partial charge is 0.413 e. The van der Waals surface area contributed by atoms with Crippen LogP contribution in [0.1, 0.15) is 31.4 Å². The lowest BCUT2D eigenvalue weighted by Crippen LogP contribution is -2.41. The van der Waals surface area contributed by atoms with E-state index in [1.165, 1.54) is 6.33 Å². The third-order valence-corrected chi connectivity index (χ3v) is 5.61. The minimum Gasteiger partial charge on any atom is -0.441 e. The molecule has 8 nitrogen and oxygen atoms in total. The van der Waals surface area contributed by atoms with Gasteiger partial charge in [0.2, 0.25) is 0 Å². The van der Waals surface area contributed by atoms with Gasteiger partial charge in [-0.05, 0) is 38.9 Å². The van der Waals surface area contributed by atoms with E-state index in [4.69, 9.17) is 9.84 Å². The lowest BCUT2D eigenvalue weighted by atomic mass is 9.94. The molecule has 2 aliphatic rings. The summed E-state index contributed by atoms with van der Waals surface area (Å²) in [6, 6.07) is 7.72. The Hall–Kier alpha value is -3.07. The van der Waals surface area contributed by atoms with E-state index in [0.717, 1.165) is 10.9 Å². The highest BCUT2D eigenvalue weighted by atomic mass is 19.1. The van der Waals surface area contributed by atoms with Crippen molar-refractivity contribution >= 4 is 22.8 Å². The Morgan fingerprint density at radius 1 is 1.24 bits per heavy atom. The molecule has 5 rings (SSSR count). The van der Waals surface area contributed by atoms with Gasteiger partial charge in [0.15, 0.2) is 0 Å². The molecule has 2 aromatic heterocycles. The number of hydrogen-bond acceptors (Lipinski definition) is 6. The van der Waals surface area contributed by atoms with Crippen LogP contribution in [0.3, 0.4) is 0 Å². The molecule has 4 heterocycles.